The average Bonchev–Trinajstić information content (AvgIpc) is 2.58. The highest BCUT2D eigenvalue weighted by molar-refractivity contribution is 7.79. The van der Waals surface area contributed by atoms with Gasteiger partial charge in [0.1, 0.15) is 0 Å². The maximum Gasteiger partial charge on any atom is 0.416 e. The summed E-state index contributed by atoms with van der Waals surface area (Å²) in [5, 5.41) is 0.251. The first-order valence-electron chi connectivity index (χ1n) is 4.17. The van der Waals surface area contributed by atoms with Crippen LogP contribution in [0.25, 0.3) is 10.9 Å². The molecule has 2 aromatic rings. The molecule has 0 spiro atoms. The van der Waals surface area contributed by atoms with Crippen molar-refractivity contribution in [3.05, 3.63) is 30.0 Å². The second-order valence-electron chi connectivity index (χ2n) is 3.15. The Bertz CT molecular complexity index is 561. The second kappa shape index (κ2) is 3.60. The Labute approximate surface area is 90.6 Å². The summed E-state index contributed by atoms with van der Waals surface area (Å²) in [5.74, 6) is 0. The maximum atomic E-state index is 12.3. The topological polar surface area (TPSA) is 55.9 Å². The lowest BCUT2D eigenvalue weighted by atomic mass is 10.1. The highest BCUT2D eigenvalue weighted by atomic mass is 32.2. The van der Waals surface area contributed by atoms with Crippen LogP contribution in [-0.4, -0.2) is 13.7 Å². The third-order valence-corrected chi connectivity index (χ3v) is 2.85. The zero-order valence-electron chi connectivity index (χ0n) is 7.67. The number of benzene rings is 1. The van der Waals surface area contributed by atoms with Crippen molar-refractivity contribution in [2.45, 2.75) is 11.1 Å². The Kier molecular flexibility index (Phi) is 2.51. The van der Waals surface area contributed by atoms with Crippen molar-refractivity contribution in [2.24, 2.45) is 0 Å². The highest BCUT2D eigenvalue weighted by Gasteiger charge is 2.30. The predicted octanol–water partition coefficient (Wildman–Crippen LogP) is 2.42. The summed E-state index contributed by atoms with van der Waals surface area (Å²) in [5.41, 5.74) is -0.667. The Morgan fingerprint density at radius 2 is 2.00 bits per heavy atom. The normalized spacial score (nSPS) is 14.2. The summed E-state index contributed by atoms with van der Waals surface area (Å²) < 4.78 is 58.5. The second-order valence-corrected chi connectivity index (χ2v) is 4.05. The van der Waals surface area contributed by atoms with Gasteiger partial charge in [-0.3, -0.25) is 4.21 Å². The van der Waals surface area contributed by atoms with Gasteiger partial charge >= 0.3 is 6.18 Å². The van der Waals surface area contributed by atoms with Gasteiger partial charge in [-0.1, -0.05) is 6.07 Å². The third kappa shape index (κ3) is 1.83. The van der Waals surface area contributed by atoms with Crippen LogP contribution < -0.4 is 0 Å². The monoisotopic (exact) mass is 248 g/mol. The van der Waals surface area contributed by atoms with Crippen LogP contribution in [-0.2, 0) is 17.3 Å². The molecule has 1 aromatic heterocycles. The summed E-state index contributed by atoms with van der Waals surface area (Å²) in [6.45, 7) is 0. The number of nitrogens with one attached hydrogen (secondary N) is 1. The molecule has 1 aromatic carbocycles. The van der Waals surface area contributed by atoms with Gasteiger partial charge in [-0.15, -0.1) is 0 Å². The molecule has 0 aliphatic rings. The van der Waals surface area contributed by atoms with Crippen LogP contribution in [0.5, 0.6) is 0 Å². The van der Waals surface area contributed by atoms with Gasteiger partial charge in [-0.05, 0) is 23.2 Å². The van der Waals surface area contributed by atoms with Crippen LogP contribution in [0.1, 0.15) is 5.56 Å². The molecular weight excluding hydrogens is 243 g/mol. The van der Waals surface area contributed by atoms with E-state index in [0.29, 0.717) is 0 Å². The molecule has 1 unspecified atom stereocenters. The van der Waals surface area contributed by atoms with Gasteiger partial charge in [-0.25, -0.2) is 0 Å². The first-order chi connectivity index (χ1) is 7.39. The summed E-state index contributed by atoms with van der Waals surface area (Å²) in [6.07, 6.45) is -3.27. The first kappa shape index (κ1) is 11.2. The lowest BCUT2D eigenvalue weighted by molar-refractivity contribution is -0.137. The van der Waals surface area contributed by atoms with Crippen molar-refractivity contribution < 1.29 is 21.9 Å². The molecule has 0 aliphatic heterocycles. The minimum atomic E-state index is -4.43. The molecule has 3 nitrogen and oxygen atoms in total. The molecular formula is C9H5F3NO2S-. The van der Waals surface area contributed by atoms with E-state index in [0.717, 1.165) is 24.4 Å². The largest absolute Gasteiger partial charge is 0.768 e. The number of halogens is 3. The molecule has 7 heteroatoms. The van der Waals surface area contributed by atoms with E-state index in [9.17, 15) is 21.9 Å². The first-order valence-corrected chi connectivity index (χ1v) is 5.24. The van der Waals surface area contributed by atoms with E-state index in [-0.39, 0.29) is 15.8 Å². The zero-order chi connectivity index (χ0) is 11.9. The minimum Gasteiger partial charge on any atom is -0.768 e. The molecule has 0 amide bonds. The van der Waals surface area contributed by atoms with Crippen molar-refractivity contribution >= 4 is 22.0 Å². The van der Waals surface area contributed by atoms with Gasteiger partial charge < -0.3 is 9.54 Å². The SMILES string of the molecule is O=S([O-])c1c[nH]c2cc(C(F)(F)F)ccc12. The summed E-state index contributed by atoms with van der Waals surface area (Å²) in [4.78, 5) is 2.45. The molecule has 0 bridgehead atoms. The zero-order valence-corrected chi connectivity index (χ0v) is 8.48. The number of hydrogen-bond acceptors (Lipinski definition) is 2. The number of alkyl halides is 3. The van der Waals surface area contributed by atoms with Crippen molar-refractivity contribution in [1.29, 1.82) is 0 Å². The maximum absolute atomic E-state index is 12.3. The van der Waals surface area contributed by atoms with Crippen LogP contribution in [0.4, 0.5) is 13.2 Å². The van der Waals surface area contributed by atoms with Crippen LogP contribution in [0.2, 0.25) is 0 Å². The van der Waals surface area contributed by atoms with E-state index in [1.807, 2.05) is 0 Å². The molecule has 0 saturated carbocycles. The van der Waals surface area contributed by atoms with Crippen molar-refractivity contribution in [1.82, 2.24) is 4.98 Å². The summed E-state index contributed by atoms with van der Waals surface area (Å²) in [7, 11) is 0. The van der Waals surface area contributed by atoms with Gasteiger partial charge in [0.25, 0.3) is 0 Å². The van der Waals surface area contributed by atoms with Gasteiger partial charge in [0, 0.05) is 17.1 Å². The molecule has 0 fully saturated rings. The van der Waals surface area contributed by atoms with E-state index in [1.165, 1.54) is 0 Å². The molecule has 1 N–H and O–H groups in total. The van der Waals surface area contributed by atoms with Gasteiger partial charge in [0.15, 0.2) is 0 Å². The lowest BCUT2D eigenvalue weighted by Gasteiger charge is -2.07. The Balaban J connectivity index is 2.62. The predicted molar refractivity (Wildman–Crippen MR) is 50.5 cm³/mol. The quantitative estimate of drug-likeness (QED) is 0.788. The smallest absolute Gasteiger partial charge is 0.416 e. The molecule has 2 rings (SSSR count). The molecule has 0 saturated heterocycles. The number of hydrogen-bond donors (Lipinski definition) is 1. The number of H-pyrrole nitrogens is 1. The summed E-state index contributed by atoms with van der Waals surface area (Å²) in [6, 6.07) is 2.87. The van der Waals surface area contributed by atoms with Crippen LogP contribution >= 0.6 is 0 Å². The Hall–Kier alpha value is -1.34. The number of aromatic amines is 1. The van der Waals surface area contributed by atoms with Gasteiger partial charge in [-0.2, -0.15) is 13.2 Å². The summed E-state index contributed by atoms with van der Waals surface area (Å²) >= 11 is -2.46. The fourth-order valence-electron chi connectivity index (χ4n) is 1.41. The third-order valence-electron chi connectivity index (χ3n) is 2.15. The minimum absolute atomic E-state index is 0.0382. The fourth-order valence-corrected chi connectivity index (χ4v) is 1.93. The number of aromatic nitrogens is 1. The molecule has 1 heterocycles. The van der Waals surface area contributed by atoms with E-state index in [4.69, 9.17) is 0 Å². The number of fused-ring (bicyclic) bond motifs is 1. The van der Waals surface area contributed by atoms with E-state index in [2.05, 4.69) is 4.98 Å². The average molecular weight is 248 g/mol. The molecule has 0 radical (unpaired) electrons. The van der Waals surface area contributed by atoms with Crippen LogP contribution in [0, 0.1) is 0 Å². The molecule has 86 valence electrons. The lowest BCUT2D eigenvalue weighted by Crippen LogP contribution is -2.04. The van der Waals surface area contributed by atoms with Crippen molar-refractivity contribution in [3.63, 3.8) is 0 Å². The molecule has 1 atom stereocenters. The van der Waals surface area contributed by atoms with E-state index >= 15 is 0 Å². The molecule has 0 aliphatic carbocycles. The van der Waals surface area contributed by atoms with Gasteiger partial charge in [0.05, 0.1) is 10.5 Å². The fraction of sp³-hybridized carbons (Fsp3) is 0.111. The Morgan fingerprint density at radius 1 is 1.31 bits per heavy atom. The van der Waals surface area contributed by atoms with Crippen molar-refractivity contribution in [2.75, 3.05) is 0 Å². The van der Waals surface area contributed by atoms with Crippen LogP contribution in [0.15, 0.2) is 29.3 Å². The molecule has 16 heavy (non-hydrogen) atoms. The van der Waals surface area contributed by atoms with Crippen molar-refractivity contribution in [3.8, 4) is 0 Å². The van der Waals surface area contributed by atoms with Crippen LogP contribution in [0.3, 0.4) is 0 Å². The van der Waals surface area contributed by atoms with E-state index in [1.54, 1.807) is 0 Å². The van der Waals surface area contributed by atoms with E-state index < -0.39 is 22.8 Å². The van der Waals surface area contributed by atoms with Gasteiger partial charge in [0.2, 0.25) is 0 Å². The highest BCUT2D eigenvalue weighted by Crippen LogP contribution is 2.32. The number of rotatable bonds is 1. The Morgan fingerprint density at radius 3 is 2.56 bits per heavy atom. The standard InChI is InChI=1S/C9H6F3NO2S/c10-9(11,12)5-1-2-6-7(3-5)13-4-8(6)16(14)15/h1-4,13H,(H,14,15)/p-1.